The average Bonchev–Trinajstić information content (AvgIpc) is 1.61. The Morgan fingerprint density at radius 3 is 1.33 bits per heavy atom. The molecule has 6 heavy (non-hydrogen) atoms. The first kappa shape index (κ1) is 3.61. The first-order chi connectivity index (χ1) is 2.80. The third kappa shape index (κ3) is 0.285. The van der Waals surface area contributed by atoms with Crippen LogP contribution >= 0.6 is 0 Å². The van der Waals surface area contributed by atoms with E-state index in [9.17, 15) is 0 Å². The van der Waals surface area contributed by atoms with E-state index in [1.165, 1.54) is 0 Å². The van der Waals surface area contributed by atoms with Crippen molar-refractivity contribution in [3.8, 4) is 11.8 Å². The fraction of sp³-hybridized carbons (Fsp3) is 0. The Morgan fingerprint density at radius 2 is 1.33 bits per heavy atom. The van der Waals surface area contributed by atoms with Gasteiger partial charge in [-0.3, -0.25) is 0 Å². The van der Waals surface area contributed by atoms with E-state index >= 15 is 0 Å². The zero-order valence-electron chi connectivity index (χ0n) is 3.15. The summed E-state index contributed by atoms with van der Waals surface area (Å²) < 4.78 is 0. The van der Waals surface area contributed by atoms with Crippen molar-refractivity contribution in [2.24, 2.45) is 0 Å². The summed E-state index contributed by atoms with van der Waals surface area (Å²) in [6.45, 7) is 0. The minimum absolute atomic E-state index is 0.523. The second-order valence-electron chi connectivity index (χ2n) is 1.08. The van der Waals surface area contributed by atoms with Crippen LogP contribution in [0.4, 0.5) is 0 Å². The molecule has 22 valence electrons. The van der Waals surface area contributed by atoms with Crippen LogP contribution < -0.4 is 0 Å². The van der Waals surface area contributed by atoms with Crippen molar-refractivity contribution in [3.63, 3.8) is 0 Å². The molecule has 1 aliphatic carbocycles. The normalized spacial score (nSPS) is 15.0. The quantitative estimate of drug-likeness (QED) is 0.245. The molecule has 0 unspecified atom stereocenters. The maximum absolute atomic E-state index is 5.10. The molecule has 0 fully saturated rings. The van der Waals surface area contributed by atoms with Gasteiger partial charge in [0.25, 0.3) is 0 Å². The van der Waals surface area contributed by atoms with Crippen molar-refractivity contribution < 1.29 is 0 Å². The van der Waals surface area contributed by atoms with Gasteiger partial charge in [0.15, 0.2) is 0 Å². The fourth-order valence-electron chi connectivity index (χ4n) is 0.207. The van der Waals surface area contributed by atoms with Crippen molar-refractivity contribution >= 4 is 25.9 Å². The van der Waals surface area contributed by atoms with Crippen LogP contribution in [0.25, 0.3) is 0 Å². The molecular formula is C4B2. The molecule has 0 atom stereocenters. The van der Waals surface area contributed by atoms with Gasteiger partial charge < -0.3 is 0 Å². The molecule has 0 aliphatic heterocycles. The molecule has 0 spiro atoms. The molecule has 2 radical (unpaired) electrons. The number of hydrogen-bond donors (Lipinski definition) is 0. The second-order valence-corrected chi connectivity index (χ2v) is 1.08. The van der Waals surface area contributed by atoms with Crippen LogP contribution in [0.3, 0.4) is 0 Å². The summed E-state index contributed by atoms with van der Waals surface area (Å²) in [6.07, 6.45) is 0. The minimum atomic E-state index is 0.523. The van der Waals surface area contributed by atoms with Crippen LogP contribution in [-0.2, 0) is 0 Å². The van der Waals surface area contributed by atoms with Gasteiger partial charge in [-0.05, 0) is 0 Å². The summed E-state index contributed by atoms with van der Waals surface area (Å²) in [5.74, 6) is 5.08. The molecule has 2 heteroatoms. The topological polar surface area (TPSA) is 0 Å². The summed E-state index contributed by atoms with van der Waals surface area (Å²) in [4.78, 5) is 0. The molecule has 0 aromatic heterocycles. The summed E-state index contributed by atoms with van der Waals surface area (Å²) in [5.41, 5.74) is 1.05. The van der Waals surface area contributed by atoms with E-state index in [0.29, 0.717) is 10.9 Å². The Labute approximate surface area is 38.7 Å². The molecule has 0 nitrogen and oxygen atoms in total. The van der Waals surface area contributed by atoms with Crippen molar-refractivity contribution in [2.45, 2.75) is 0 Å². The standard InChI is InChI=1S/C4B2/c5-3-1-2-4(3)6. The Kier molecular flexibility index (Phi) is 0.569. The van der Waals surface area contributed by atoms with E-state index in [-0.39, 0.29) is 0 Å². The summed E-state index contributed by atoms with van der Waals surface area (Å²) in [5, 5.41) is 0. The third-order valence-electron chi connectivity index (χ3n) is 0.622. The first-order valence-corrected chi connectivity index (χ1v) is 1.58. The number of rotatable bonds is 0. The SMILES string of the molecule is [B]=C1C#CC1=[B]. The Morgan fingerprint density at radius 1 is 1.00 bits per heavy atom. The van der Waals surface area contributed by atoms with Crippen molar-refractivity contribution in [1.82, 2.24) is 0 Å². The molecule has 0 N–H and O–H groups in total. The predicted octanol–water partition coefficient (Wildman–Crippen LogP) is -1.31. The van der Waals surface area contributed by atoms with Crippen molar-refractivity contribution in [2.75, 3.05) is 0 Å². The van der Waals surface area contributed by atoms with E-state index in [0.717, 1.165) is 0 Å². The molecule has 0 aromatic rings. The van der Waals surface area contributed by atoms with Gasteiger partial charge in [-0.1, -0.05) is 0 Å². The molecule has 0 saturated carbocycles. The van der Waals surface area contributed by atoms with Crippen LogP contribution in [0.2, 0.25) is 0 Å². The van der Waals surface area contributed by atoms with Crippen molar-refractivity contribution in [3.05, 3.63) is 0 Å². The van der Waals surface area contributed by atoms with E-state index in [1.807, 2.05) is 0 Å². The van der Waals surface area contributed by atoms with Gasteiger partial charge in [0.1, 0.15) is 0 Å². The van der Waals surface area contributed by atoms with Crippen LogP contribution in [0.5, 0.6) is 0 Å². The van der Waals surface area contributed by atoms with Crippen LogP contribution in [-0.4, -0.2) is 25.9 Å². The molecule has 0 saturated heterocycles. The molecule has 1 rings (SSSR count). The van der Waals surface area contributed by atoms with Gasteiger partial charge in [0.05, 0.1) is 0 Å². The van der Waals surface area contributed by atoms with E-state index in [4.69, 9.17) is 15.0 Å². The van der Waals surface area contributed by atoms with Crippen LogP contribution in [0, 0.1) is 11.8 Å². The van der Waals surface area contributed by atoms with Gasteiger partial charge in [-0.25, -0.2) is 0 Å². The Balaban J connectivity index is 3.08. The second kappa shape index (κ2) is 0.944. The van der Waals surface area contributed by atoms with Crippen LogP contribution in [0.15, 0.2) is 0 Å². The fourth-order valence-corrected chi connectivity index (χ4v) is 0.207. The summed E-state index contributed by atoms with van der Waals surface area (Å²) >= 11 is 0. The van der Waals surface area contributed by atoms with Crippen molar-refractivity contribution in [1.29, 1.82) is 0 Å². The van der Waals surface area contributed by atoms with Gasteiger partial charge in [-0.15, -0.1) is 0 Å². The monoisotopic (exact) mass is 70.0 g/mol. The molecule has 0 aromatic carbocycles. The molecule has 0 bridgehead atoms. The third-order valence-corrected chi connectivity index (χ3v) is 0.622. The Bertz CT molecular complexity index is 150. The number of hydrogen-bond acceptors (Lipinski definition) is 0. The zero-order valence-corrected chi connectivity index (χ0v) is 3.15. The van der Waals surface area contributed by atoms with E-state index < -0.39 is 0 Å². The summed E-state index contributed by atoms with van der Waals surface area (Å²) in [7, 11) is 10.2. The molecule has 0 amide bonds. The molecule has 1 aliphatic rings. The van der Waals surface area contributed by atoms with E-state index in [1.54, 1.807) is 0 Å². The van der Waals surface area contributed by atoms with Gasteiger partial charge in [0, 0.05) is 0 Å². The molecule has 0 heterocycles. The Hall–Kier alpha value is -0.570. The first-order valence-electron chi connectivity index (χ1n) is 1.58. The van der Waals surface area contributed by atoms with Gasteiger partial charge in [0.2, 0.25) is 0 Å². The van der Waals surface area contributed by atoms with Crippen LogP contribution in [0.1, 0.15) is 0 Å². The van der Waals surface area contributed by atoms with Gasteiger partial charge in [-0.2, -0.15) is 0 Å². The summed E-state index contributed by atoms with van der Waals surface area (Å²) in [6, 6.07) is 0. The van der Waals surface area contributed by atoms with Gasteiger partial charge >= 0.3 is 37.7 Å². The molecular weight excluding hydrogens is 69.7 g/mol. The van der Waals surface area contributed by atoms with E-state index in [2.05, 4.69) is 11.8 Å². The maximum atomic E-state index is 5.10. The average molecular weight is 69.7 g/mol. The zero-order chi connectivity index (χ0) is 4.57. The predicted molar refractivity (Wildman–Crippen MR) is 29.3 cm³/mol.